The van der Waals surface area contributed by atoms with Crippen molar-refractivity contribution in [3.05, 3.63) is 35.4 Å². The Bertz CT molecular complexity index is 373. The molecular weight excluding hydrogens is 242 g/mol. The van der Waals surface area contributed by atoms with Gasteiger partial charge in [-0.1, -0.05) is 57.9 Å². The SMILES string of the molecule is CCNC(Cc1ccc(CC)cc1)C1CCC(C)CC1. The zero-order chi connectivity index (χ0) is 14.4. The third-order valence-electron chi connectivity index (χ3n) is 4.98. The number of aryl methyl sites for hydroxylation is 1. The Morgan fingerprint density at radius 1 is 1.00 bits per heavy atom. The van der Waals surface area contributed by atoms with Crippen LogP contribution in [0.25, 0.3) is 0 Å². The summed E-state index contributed by atoms with van der Waals surface area (Å²) in [7, 11) is 0. The molecule has 0 radical (unpaired) electrons. The molecule has 112 valence electrons. The molecule has 1 aliphatic carbocycles. The summed E-state index contributed by atoms with van der Waals surface area (Å²) in [6.07, 6.45) is 7.98. The molecule has 1 saturated carbocycles. The fourth-order valence-electron chi connectivity index (χ4n) is 3.52. The number of likely N-dealkylation sites (N-methyl/N-ethyl adjacent to an activating group) is 1. The predicted octanol–water partition coefficient (Wildman–Crippen LogP) is 4.60. The third kappa shape index (κ3) is 4.34. The van der Waals surface area contributed by atoms with E-state index in [0.29, 0.717) is 6.04 Å². The molecule has 1 fully saturated rings. The van der Waals surface area contributed by atoms with Gasteiger partial charge in [0.25, 0.3) is 0 Å². The Kier molecular flexibility index (Phi) is 6.09. The lowest BCUT2D eigenvalue weighted by Crippen LogP contribution is -2.39. The summed E-state index contributed by atoms with van der Waals surface area (Å²) in [4.78, 5) is 0. The quantitative estimate of drug-likeness (QED) is 0.799. The van der Waals surface area contributed by atoms with Gasteiger partial charge in [-0.05, 0) is 55.2 Å². The molecule has 0 amide bonds. The fourth-order valence-corrected chi connectivity index (χ4v) is 3.52. The van der Waals surface area contributed by atoms with Crippen LogP contribution in [0.1, 0.15) is 57.6 Å². The summed E-state index contributed by atoms with van der Waals surface area (Å²) in [5.41, 5.74) is 2.94. The predicted molar refractivity (Wildman–Crippen MR) is 88.1 cm³/mol. The standard InChI is InChI=1S/C19H31N/c1-4-16-8-10-17(11-9-16)14-19(20-5-2)18-12-6-15(3)7-13-18/h8-11,15,18-20H,4-7,12-14H2,1-3H3. The second-order valence-corrected chi connectivity index (χ2v) is 6.56. The van der Waals surface area contributed by atoms with E-state index < -0.39 is 0 Å². The van der Waals surface area contributed by atoms with Gasteiger partial charge in [0, 0.05) is 6.04 Å². The second kappa shape index (κ2) is 7.83. The molecule has 20 heavy (non-hydrogen) atoms. The average Bonchev–Trinajstić information content (AvgIpc) is 2.48. The van der Waals surface area contributed by atoms with Crippen molar-refractivity contribution in [1.29, 1.82) is 0 Å². The summed E-state index contributed by atoms with van der Waals surface area (Å²) < 4.78 is 0. The van der Waals surface area contributed by atoms with Crippen molar-refractivity contribution >= 4 is 0 Å². The third-order valence-corrected chi connectivity index (χ3v) is 4.98. The van der Waals surface area contributed by atoms with Crippen LogP contribution in [0.4, 0.5) is 0 Å². The second-order valence-electron chi connectivity index (χ2n) is 6.56. The molecule has 1 aromatic rings. The van der Waals surface area contributed by atoms with Crippen molar-refractivity contribution in [2.45, 2.75) is 65.3 Å². The van der Waals surface area contributed by atoms with Crippen molar-refractivity contribution in [2.24, 2.45) is 11.8 Å². The van der Waals surface area contributed by atoms with E-state index in [0.717, 1.165) is 24.8 Å². The van der Waals surface area contributed by atoms with Crippen molar-refractivity contribution in [3.8, 4) is 0 Å². The van der Waals surface area contributed by atoms with E-state index >= 15 is 0 Å². The molecule has 1 N–H and O–H groups in total. The van der Waals surface area contributed by atoms with Crippen LogP contribution in [-0.4, -0.2) is 12.6 Å². The van der Waals surface area contributed by atoms with E-state index in [1.54, 1.807) is 0 Å². The van der Waals surface area contributed by atoms with Gasteiger partial charge in [0.2, 0.25) is 0 Å². The summed E-state index contributed by atoms with van der Waals surface area (Å²) in [5, 5.41) is 3.74. The highest BCUT2D eigenvalue weighted by Crippen LogP contribution is 2.31. The first kappa shape index (κ1) is 15.6. The van der Waals surface area contributed by atoms with Crippen molar-refractivity contribution < 1.29 is 0 Å². The molecule has 1 nitrogen and oxygen atoms in total. The van der Waals surface area contributed by atoms with Gasteiger partial charge in [0.15, 0.2) is 0 Å². The maximum atomic E-state index is 3.74. The monoisotopic (exact) mass is 273 g/mol. The van der Waals surface area contributed by atoms with Crippen LogP contribution in [0.3, 0.4) is 0 Å². The summed E-state index contributed by atoms with van der Waals surface area (Å²) in [6, 6.07) is 9.91. The number of benzene rings is 1. The van der Waals surface area contributed by atoms with Crippen molar-refractivity contribution in [3.63, 3.8) is 0 Å². The van der Waals surface area contributed by atoms with Gasteiger partial charge in [-0.2, -0.15) is 0 Å². The van der Waals surface area contributed by atoms with Gasteiger partial charge in [-0.3, -0.25) is 0 Å². The maximum Gasteiger partial charge on any atom is 0.0136 e. The normalized spacial score (nSPS) is 24.6. The highest BCUT2D eigenvalue weighted by Gasteiger charge is 2.25. The molecule has 0 heterocycles. The number of nitrogens with one attached hydrogen (secondary N) is 1. The van der Waals surface area contributed by atoms with Gasteiger partial charge in [-0.25, -0.2) is 0 Å². The Hall–Kier alpha value is -0.820. The highest BCUT2D eigenvalue weighted by molar-refractivity contribution is 5.23. The average molecular weight is 273 g/mol. The minimum atomic E-state index is 0.667. The van der Waals surface area contributed by atoms with Crippen molar-refractivity contribution in [1.82, 2.24) is 5.32 Å². The molecule has 0 aliphatic heterocycles. The maximum absolute atomic E-state index is 3.74. The molecule has 1 unspecified atom stereocenters. The Balaban J connectivity index is 1.97. The van der Waals surface area contributed by atoms with Gasteiger partial charge < -0.3 is 5.32 Å². The zero-order valence-corrected chi connectivity index (χ0v) is 13.5. The number of hydrogen-bond donors (Lipinski definition) is 1. The lowest BCUT2D eigenvalue weighted by molar-refractivity contribution is 0.230. The Morgan fingerprint density at radius 3 is 2.15 bits per heavy atom. The smallest absolute Gasteiger partial charge is 0.0136 e. The van der Waals surface area contributed by atoms with E-state index in [1.807, 2.05) is 0 Å². The molecule has 1 heteroatoms. The minimum absolute atomic E-state index is 0.667. The molecule has 1 aromatic carbocycles. The molecule has 2 rings (SSSR count). The molecule has 1 atom stereocenters. The largest absolute Gasteiger partial charge is 0.314 e. The van der Waals surface area contributed by atoms with Crippen LogP contribution in [0.15, 0.2) is 24.3 Å². The fraction of sp³-hybridized carbons (Fsp3) is 0.684. The van der Waals surface area contributed by atoms with Gasteiger partial charge in [0.05, 0.1) is 0 Å². The topological polar surface area (TPSA) is 12.0 Å². The summed E-state index contributed by atoms with van der Waals surface area (Å²) in [5.74, 6) is 1.81. The van der Waals surface area contributed by atoms with Crippen LogP contribution in [0, 0.1) is 11.8 Å². The summed E-state index contributed by atoms with van der Waals surface area (Å²) in [6.45, 7) is 7.95. The lowest BCUT2D eigenvalue weighted by atomic mass is 9.77. The first-order valence-corrected chi connectivity index (χ1v) is 8.54. The summed E-state index contributed by atoms with van der Waals surface area (Å²) >= 11 is 0. The molecule has 0 saturated heterocycles. The van der Waals surface area contributed by atoms with Gasteiger partial charge in [-0.15, -0.1) is 0 Å². The van der Waals surface area contributed by atoms with Crippen LogP contribution in [-0.2, 0) is 12.8 Å². The van der Waals surface area contributed by atoms with E-state index in [2.05, 4.69) is 50.4 Å². The van der Waals surface area contributed by atoms with E-state index in [1.165, 1.54) is 43.2 Å². The first-order chi connectivity index (χ1) is 9.72. The first-order valence-electron chi connectivity index (χ1n) is 8.54. The van der Waals surface area contributed by atoms with E-state index in [4.69, 9.17) is 0 Å². The van der Waals surface area contributed by atoms with Crippen LogP contribution in [0.5, 0.6) is 0 Å². The zero-order valence-electron chi connectivity index (χ0n) is 13.5. The van der Waals surface area contributed by atoms with Gasteiger partial charge in [0.1, 0.15) is 0 Å². The Labute approximate surface area is 125 Å². The van der Waals surface area contributed by atoms with E-state index in [-0.39, 0.29) is 0 Å². The van der Waals surface area contributed by atoms with Crippen LogP contribution < -0.4 is 5.32 Å². The van der Waals surface area contributed by atoms with Crippen molar-refractivity contribution in [2.75, 3.05) is 6.54 Å². The lowest BCUT2D eigenvalue weighted by Gasteiger charge is -2.33. The highest BCUT2D eigenvalue weighted by atomic mass is 14.9. The molecule has 0 spiro atoms. The van der Waals surface area contributed by atoms with Crippen LogP contribution in [0.2, 0.25) is 0 Å². The number of hydrogen-bond acceptors (Lipinski definition) is 1. The van der Waals surface area contributed by atoms with Gasteiger partial charge >= 0.3 is 0 Å². The van der Waals surface area contributed by atoms with Crippen LogP contribution >= 0.6 is 0 Å². The molecule has 0 bridgehead atoms. The van der Waals surface area contributed by atoms with E-state index in [9.17, 15) is 0 Å². The minimum Gasteiger partial charge on any atom is -0.314 e. The molecular formula is C19H31N. The molecule has 1 aliphatic rings. The Morgan fingerprint density at radius 2 is 1.60 bits per heavy atom. The molecule has 0 aromatic heterocycles. The number of rotatable bonds is 6.